The van der Waals surface area contributed by atoms with E-state index in [0.29, 0.717) is 23.7 Å². The van der Waals surface area contributed by atoms with Gasteiger partial charge >= 0.3 is 0 Å². The molecule has 2 unspecified atom stereocenters. The van der Waals surface area contributed by atoms with Crippen molar-refractivity contribution in [2.45, 2.75) is 37.5 Å². The summed E-state index contributed by atoms with van der Waals surface area (Å²) in [5.74, 6) is 1.91. The third-order valence-electron chi connectivity index (χ3n) is 10.2. The van der Waals surface area contributed by atoms with Crippen LogP contribution in [0.1, 0.15) is 82.3 Å². The highest BCUT2D eigenvalue weighted by Crippen LogP contribution is 2.44. The highest BCUT2D eigenvalue weighted by molar-refractivity contribution is 9.10. The van der Waals surface area contributed by atoms with Crippen LogP contribution < -0.4 is 5.32 Å². The Balaban J connectivity index is 0.000000150. The van der Waals surface area contributed by atoms with E-state index in [0.717, 1.165) is 45.2 Å². The number of nitrogens with zero attached hydrogens (tertiary/aromatic N) is 3. The van der Waals surface area contributed by atoms with Gasteiger partial charge in [-0.05, 0) is 172 Å². The van der Waals surface area contributed by atoms with E-state index in [9.17, 15) is 0 Å². The smallest absolute Gasteiger partial charge is 0.0554 e. The van der Waals surface area contributed by atoms with Crippen LogP contribution in [0.3, 0.4) is 0 Å². The summed E-state index contributed by atoms with van der Waals surface area (Å²) >= 11 is 19.6. The number of benzene rings is 2. The lowest BCUT2D eigenvalue weighted by molar-refractivity contribution is 0.206. The molecule has 4 nitrogen and oxygen atoms in total. The summed E-state index contributed by atoms with van der Waals surface area (Å²) in [5, 5.41) is 5.05. The fourth-order valence-electron chi connectivity index (χ4n) is 7.81. The van der Waals surface area contributed by atoms with E-state index in [1.807, 2.05) is 24.5 Å². The van der Waals surface area contributed by atoms with Crippen LogP contribution in [0.4, 0.5) is 0 Å². The van der Waals surface area contributed by atoms with Gasteiger partial charge in [-0.1, -0.05) is 59.6 Å². The summed E-state index contributed by atoms with van der Waals surface area (Å²) in [7, 11) is 2.21. The number of hydrogen-bond acceptors (Lipinski definition) is 4. The molecule has 2 aliphatic heterocycles. The predicted molar refractivity (Wildman–Crippen MR) is 204 cm³/mol. The maximum atomic E-state index is 6.26. The average Bonchev–Trinajstić information content (AvgIpc) is 3.33. The van der Waals surface area contributed by atoms with E-state index >= 15 is 0 Å². The van der Waals surface area contributed by atoms with Crippen molar-refractivity contribution in [3.8, 4) is 0 Å². The molecule has 2 fully saturated rings. The third kappa shape index (κ3) is 7.34. The third-order valence-corrected chi connectivity index (χ3v) is 11.5. The molecule has 8 rings (SSSR count). The monoisotopic (exact) mass is 790 g/mol. The van der Waals surface area contributed by atoms with E-state index in [1.165, 1.54) is 70.5 Å². The van der Waals surface area contributed by atoms with Gasteiger partial charge in [0.15, 0.2) is 0 Å². The molecule has 0 spiro atoms. The molecule has 0 amide bonds. The van der Waals surface area contributed by atoms with Crippen LogP contribution in [-0.4, -0.2) is 48.1 Å². The molecule has 4 heterocycles. The zero-order chi connectivity index (χ0) is 32.5. The highest BCUT2D eigenvalue weighted by atomic mass is 79.9. The second-order valence-electron chi connectivity index (χ2n) is 13.2. The first-order valence-electron chi connectivity index (χ1n) is 16.5. The Kier molecular flexibility index (Phi) is 10.3. The van der Waals surface area contributed by atoms with E-state index in [-0.39, 0.29) is 0 Å². The van der Waals surface area contributed by atoms with Gasteiger partial charge in [-0.2, -0.15) is 0 Å². The number of aromatic nitrogens is 2. The number of fused-ring (bicyclic) bond motifs is 4. The van der Waals surface area contributed by atoms with Crippen molar-refractivity contribution in [3.05, 3.63) is 125 Å². The first kappa shape index (κ1) is 33.2. The zero-order valence-electron chi connectivity index (χ0n) is 26.4. The topological polar surface area (TPSA) is 41.1 Å². The predicted octanol–water partition coefficient (Wildman–Crippen LogP) is 10.6. The van der Waals surface area contributed by atoms with Crippen LogP contribution in [-0.2, 0) is 0 Å². The minimum Gasteiger partial charge on any atom is -0.317 e. The zero-order valence-corrected chi connectivity index (χ0v) is 31.1. The molecule has 2 aromatic carbocycles. The number of rotatable bonds is 2. The van der Waals surface area contributed by atoms with Crippen molar-refractivity contribution < 1.29 is 0 Å². The molecule has 47 heavy (non-hydrogen) atoms. The van der Waals surface area contributed by atoms with E-state index in [1.54, 1.807) is 0 Å². The van der Waals surface area contributed by atoms with Gasteiger partial charge in [0.25, 0.3) is 0 Å². The van der Waals surface area contributed by atoms with Crippen molar-refractivity contribution in [2.24, 2.45) is 11.8 Å². The Morgan fingerprint density at radius 3 is 1.57 bits per heavy atom. The summed E-state index contributed by atoms with van der Waals surface area (Å²) < 4.78 is 2.05. The van der Waals surface area contributed by atoms with Crippen LogP contribution in [0.15, 0.2) is 69.9 Å². The van der Waals surface area contributed by atoms with Crippen molar-refractivity contribution >= 4 is 79.4 Å². The largest absolute Gasteiger partial charge is 0.317 e. The van der Waals surface area contributed by atoms with E-state index in [2.05, 4.69) is 110 Å². The summed E-state index contributed by atoms with van der Waals surface area (Å²) in [6.07, 6.45) is 17.3. The summed E-state index contributed by atoms with van der Waals surface area (Å²) in [6, 6.07) is 16.9. The number of halogens is 4. The molecule has 8 heteroatoms. The van der Waals surface area contributed by atoms with Gasteiger partial charge in [-0.25, -0.2) is 0 Å². The first-order chi connectivity index (χ1) is 22.8. The standard InChI is InChI=1S/C20H20BrClN2.C19H18BrClN2/c1-24-8-6-13(7-9-24)19-18-5-4-17(22)11-14(18)2-3-15-10-16(21)12-23-20(15)19;20-15-9-14-2-1-13-10-16(21)3-4-17(13)18(19(14)23-11-15)12-5-7-22-8-6-12/h2-5,10-13,19H,6-9H2,1H3;1-4,9-12,18,22H,5-8H2. The van der Waals surface area contributed by atoms with E-state index < -0.39 is 0 Å². The molecule has 2 aliphatic carbocycles. The second kappa shape index (κ2) is 14.7. The molecule has 4 aromatic rings. The lowest BCUT2D eigenvalue weighted by Crippen LogP contribution is -2.33. The SMILES string of the molecule is CN1CCC(C2c3ccc(Cl)cc3C=Cc3cc(Br)cnc32)CC1.Clc1ccc2c(c1)C=Cc1cc(Br)cnc1C2C1CCNCC1. The number of likely N-dealkylation sites (tertiary alicyclic amines) is 1. The molecule has 242 valence electrons. The molecule has 2 atom stereocenters. The van der Waals surface area contributed by atoms with Gasteiger partial charge in [-0.3, -0.25) is 9.97 Å². The van der Waals surface area contributed by atoms with Crippen molar-refractivity contribution in [1.29, 1.82) is 0 Å². The maximum absolute atomic E-state index is 6.26. The lowest BCUT2D eigenvalue weighted by Gasteiger charge is -2.35. The van der Waals surface area contributed by atoms with Crippen molar-refractivity contribution in [1.82, 2.24) is 20.2 Å². The van der Waals surface area contributed by atoms with Crippen molar-refractivity contribution in [2.75, 3.05) is 33.2 Å². The first-order valence-corrected chi connectivity index (χ1v) is 18.8. The fraction of sp³-hybridized carbons (Fsp3) is 0.333. The summed E-state index contributed by atoms with van der Waals surface area (Å²) in [6.45, 7) is 4.49. The van der Waals surface area contributed by atoms with Gasteiger partial charge in [-0.15, -0.1) is 0 Å². The fourth-order valence-corrected chi connectivity index (χ4v) is 8.87. The van der Waals surface area contributed by atoms with Crippen LogP contribution in [0, 0.1) is 11.8 Å². The molecule has 2 saturated heterocycles. The van der Waals surface area contributed by atoms with Gasteiger partial charge in [0, 0.05) is 43.2 Å². The van der Waals surface area contributed by atoms with Crippen LogP contribution in [0.2, 0.25) is 10.0 Å². The minimum atomic E-state index is 0.336. The molecule has 0 bridgehead atoms. The number of pyridine rings is 2. The molecule has 4 aliphatic rings. The van der Waals surface area contributed by atoms with Crippen LogP contribution in [0.5, 0.6) is 0 Å². The Hall–Kier alpha value is -2.32. The van der Waals surface area contributed by atoms with Gasteiger partial charge < -0.3 is 10.2 Å². The quantitative estimate of drug-likeness (QED) is 0.220. The average molecular weight is 793 g/mol. The molecule has 2 aromatic heterocycles. The number of nitrogens with one attached hydrogen (secondary N) is 1. The Bertz CT molecular complexity index is 1720. The Labute approximate surface area is 305 Å². The van der Waals surface area contributed by atoms with Crippen molar-refractivity contribution in [3.63, 3.8) is 0 Å². The lowest BCUT2D eigenvalue weighted by atomic mass is 9.76. The van der Waals surface area contributed by atoms with Gasteiger partial charge in [0.1, 0.15) is 0 Å². The van der Waals surface area contributed by atoms with Crippen LogP contribution in [0.25, 0.3) is 24.3 Å². The number of piperidine rings is 2. The van der Waals surface area contributed by atoms with Gasteiger partial charge in [0.05, 0.1) is 11.4 Å². The number of hydrogen-bond donors (Lipinski definition) is 1. The summed E-state index contributed by atoms with van der Waals surface area (Å²) in [4.78, 5) is 12.1. The summed E-state index contributed by atoms with van der Waals surface area (Å²) in [5.41, 5.74) is 9.96. The van der Waals surface area contributed by atoms with E-state index in [4.69, 9.17) is 33.2 Å². The Morgan fingerprint density at radius 2 is 1.09 bits per heavy atom. The van der Waals surface area contributed by atoms with Crippen LogP contribution >= 0.6 is 55.1 Å². The maximum Gasteiger partial charge on any atom is 0.0554 e. The normalized spacial score (nSPS) is 21.0. The molecule has 1 N–H and O–H groups in total. The highest BCUT2D eigenvalue weighted by Gasteiger charge is 2.33. The minimum absolute atomic E-state index is 0.336. The van der Waals surface area contributed by atoms with Gasteiger partial charge in [0.2, 0.25) is 0 Å². The molecule has 0 radical (unpaired) electrons. The Morgan fingerprint density at radius 1 is 0.638 bits per heavy atom. The molecular weight excluding hydrogens is 755 g/mol. The molecule has 0 saturated carbocycles. The second-order valence-corrected chi connectivity index (χ2v) is 15.9. The molecular formula is C39H38Br2Cl2N4.